The number of benzene rings is 1. The summed E-state index contributed by atoms with van der Waals surface area (Å²) < 4.78 is 5.01. The monoisotopic (exact) mass is 203 g/mol. The van der Waals surface area contributed by atoms with Crippen molar-refractivity contribution < 1.29 is 9.53 Å². The Morgan fingerprint density at radius 3 is 2.27 bits per heavy atom. The van der Waals surface area contributed by atoms with E-state index in [0.717, 1.165) is 24.0 Å². The van der Waals surface area contributed by atoms with E-state index < -0.39 is 5.97 Å². The van der Waals surface area contributed by atoms with Gasteiger partial charge in [-0.2, -0.15) is 5.26 Å². The van der Waals surface area contributed by atoms with Crippen molar-refractivity contribution in [3.63, 3.8) is 0 Å². The quantitative estimate of drug-likeness (QED) is 0.430. The number of hydrogen-bond acceptors (Lipinski definition) is 3. The second kappa shape index (κ2) is 5.16. The summed E-state index contributed by atoms with van der Waals surface area (Å²) in [4.78, 5) is 10.9. The van der Waals surface area contributed by atoms with E-state index >= 15 is 0 Å². The van der Waals surface area contributed by atoms with Crippen LogP contribution in [-0.2, 0) is 17.6 Å². The number of para-hydroxylation sites is 1. The molecule has 0 saturated carbocycles. The van der Waals surface area contributed by atoms with Crippen molar-refractivity contribution in [1.82, 2.24) is 0 Å². The molecule has 0 aliphatic heterocycles. The molecular weight excluding hydrogens is 190 g/mol. The summed E-state index contributed by atoms with van der Waals surface area (Å²) in [7, 11) is 0. The average molecular weight is 203 g/mol. The van der Waals surface area contributed by atoms with Crippen LogP contribution in [0.4, 0.5) is 0 Å². The van der Waals surface area contributed by atoms with Crippen molar-refractivity contribution in [3.05, 3.63) is 29.3 Å². The van der Waals surface area contributed by atoms with Crippen LogP contribution in [0.1, 0.15) is 25.0 Å². The molecule has 0 atom stereocenters. The molecule has 1 aromatic carbocycles. The molecule has 0 saturated heterocycles. The highest BCUT2D eigenvalue weighted by molar-refractivity contribution is 5.88. The van der Waals surface area contributed by atoms with Crippen molar-refractivity contribution in [2.75, 3.05) is 0 Å². The standard InChI is InChI=1S/C12H13NO2/c1-3-9-6-5-7-10(4-2)12(9)15-11(14)8-13/h5-7H,3-4H2,1-2H3. The molecular formula is C12H13NO2. The molecule has 0 amide bonds. The fourth-order valence-electron chi connectivity index (χ4n) is 1.44. The van der Waals surface area contributed by atoms with Crippen molar-refractivity contribution in [1.29, 1.82) is 5.26 Å². The van der Waals surface area contributed by atoms with Crippen LogP contribution in [0.2, 0.25) is 0 Å². The number of nitrogens with zero attached hydrogens (tertiary/aromatic N) is 1. The van der Waals surface area contributed by atoms with Gasteiger partial charge in [0.2, 0.25) is 0 Å². The van der Waals surface area contributed by atoms with Crippen LogP contribution in [0.3, 0.4) is 0 Å². The third-order valence-corrected chi connectivity index (χ3v) is 2.23. The Bertz CT molecular complexity index is 382. The SMILES string of the molecule is CCc1cccc(CC)c1OC(=O)C#N. The molecule has 1 rings (SSSR count). The van der Waals surface area contributed by atoms with E-state index in [1.54, 1.807) is 0 Å². The van der Waals surface area contributed by atoms with E-state index in [-0.39, 0.29) is 0 Å². The number of rotatable bonds is 3. The van der Waals surface area contributed by atoms with Gasteiger partial charge in [-0.25, -0.2) is 4.79 Å². The highest BCUT2D eigenvalue weighted by Gasteiger charge is 2.11. The third kappa shape index (κ3) is 2.57. The highest BCUT2D eigenvalue weighted by Crippen LogP contribution is 2.25. The second-order valence-electron chi connectivity index (χ2n) is 3.11. The number of hydrogen-bond donors (Lipinski definition) is 0. The van der Waals surface area contributed by atoms with Crippen LogP contribution in [0.25, 0.3) is 0 Å². The van der Waals surface area contributed by atoms with Gasteiger partial charge in [0.25, 0.3) is 0 Å². The van der Waals surface area contributed by atoms with Gasteiger partial charge in [0.05, 0.1) is 0 Å². The fraction of sp³-hybridized carbons (Fsp3) is 0.333. The fourth-order valence-corrected chi connectivity index (χ4v) is 1.44. The van der Waals surface area contributed by atoms with Crippen LogP contribution in [0.5, 0.6) is 5.75 Å². The lowest BCUT2D eigenvalue weighted by atomic mass is 10.1. The van der Waals surface area contributed by atoms with E-state index in [0.29, 0.717) is 5.75 Å². The summed E-state index contributed by atoms with van der Waals surface area (Å²) in [6, 6.07) is 7.19. The lowest BCUT2D eigenvalue weighted by Gasteiger charge is -2.10. The number of nitriles is 1. The number of aryl methyl sites for hydroxylation is 2. The van der Waals surface area contributed by atoms with Gasteiger partial charge >= 0.3 is 5.97 Å². The van der Waals surface area contributed by atoms with Crippen molar-refractivity contribution >= 4 is 5.97 Å². The molecule has 0 bridgehead atoms. The van der Waals surface area contributed by atoms with Gasteiger partial charge in [-0.1, -0.05) is 32.0 Å². The van der Waals surface area contributed by atoms with Crippen LogP contribution in [0, 0.1) is 11.3 Å². The molecule has 0 heterocycles. The molecule has 0 radical (unpaired) electrons. The predicted octanol–water partition coefficient (Wildman–Crippen LogP) is 2.24. The smallest absolute Gasteiger partial charge is 0.415 e. The molecule has 78 valence electrons. The summed E-state index contributed by atoms with van der Waals surface area (Å²) in [5, 5.41) is 8.40. The van der Waals surface area contributed by atoms with Crippen LogP contribution >= 0.6 is 0 Å². The first-order chi connectivity index (χ1) is 7.22. The van der Waals surface area contributed by atoms with E-state index in [1.807, 2.05) is 32.0 Å². The van der Waals surface area contributed by atoms with Gasteiger partial charge in [0.1, 0.15) is 5.75 Å². The Morgan fingerprint density at radius 1 is 1.33 bits per heavy atom. The number of ether oxygens (including phenoxy) is 1. The van der Waals surface area contributed by atoms with Gasteiger partial charge in [0.15, 0.2) is 6.07 Å². The summed E-state index contributed by atoms with van der Waals surface area (Å²) in [5.74, 6) is -0.306. The van der Waals surface area contributed by atoms with Gasteiger partial charge in [-0.3, -0.25) is 0 Å². The topological polar surface area (TPSA) is 50.1 Å². The van der Waals surface area contributed by atoms with Crippen LogP contribution in [-0.4, -0.2) is 5.97 Å². The summed E-state index contributed by atoms with van der Waals surface area (Å²) in [5.41, 5.74) is 1.91. The minimum absolute atomic E-state index is 0.550. The van der Waals surface area contributed by atoms with Gasteiger partial charge in [0, 0.05) is 0 Å². The molecule has 0 spiro atoms. The Morgan fingerprint density at radius 2 is 1.87 bits per heavy atom. The molecule has 1 aromatic rings. The van der Waals surface area contributed by atoms with Gasteiger partial charge in [-0.05, 0) is 24.0 Å². The summed E-state index contributed by atoms with van der Waals surface area (Å²) in [6.45, 7) is 3.97. The maximum absolute atomic E-state index is 10.9. The Balaban J connectivity index is 3.11. The number of esters is 1. The second-order valence-corrected chi connectivity index (χ2v) is 3.11. The molecule has 0 aromatic heterocycles. The Hall–Kier alpha value is -1.82. The van der Waals surface area contributed by atoms with E-state index in [9.17, 15) is 4.79 Å². The molecule has 3 heteroatoms. The molecule has 0 aliphatic rings. The van der Waals surface area contributed by atoms with E-state index in [4.69, 9.17) is 10.00 Å². The minimum Gasteiger partial charge on any atom is -0.415 e. The zero-order valence-electron chi connectivity index (χ0n) is 8.91. The average Bonchev–Trinajstić information content (AvgIpc) is 2.29. The first-order valence-electron chi connectivity index (χ1n) is 4.95. The zero-order valence-corrected chi connectivity index (χ0v) is 8.91. The molecule has 0 fully saturated rings. The van der Waals surface area contributed by atoms with E-state index in [1.165, 1.54) is 6.07 Å². The minimum atomic E-state index is -0.856. The zero-order chi connectivity index (χ0) is 11.3. The maximum Gasteiger partial charge on any atom is 0.416 e. The van der Waals surface area contributed by atoms with Crippen LogP contribution < -0.4 is 4.74 Å². The first-order valence-corrected chi connectivity index (χ1v) is 4.95. The predicted molar refractivity (Wildman–Crippen MR) is 56.4 cm³/mol. The molecule has 0 N–H and O–H groups in total. The first kappa shape index (κ1) is 11.3. The molecule has 0 aliphatic carbocycles. The van der Waals surface area contributed by atoms with Crippen LogP contribution in [0.15, 0.2) is 18.2 Å². The van der Waals surface area contributed by atoms with Crippen molar-refractivity contribution in [3.8, 4) is 11.8 Å². The summed E-state index contributed by atoms with van der Waals surface area (Å²) in [6.07, 6.45) is 1.56. The van der Waals surface area contributed by atoms with Crippen molar-refractivity contribution in [2.45, 2.75) is 26.7 Å². The Kier molecular flexibility index (Phi) is 3.87. The Labute approximate surface area is 89.3 Å². The van der Waals surface area contributed by atoms with Gasteiger partial charge in [-0.15, -0.1) is 0 Å². The molecule has 3 nitrogen and oxygen atoms in total. The van der Waals surface area contributed by atoms with E-state index in [2.05, 4.69) is 0 Å². The third-order valence-electron chi connectivity index (χ3n) is 2.23. The van der Waals surface area contributed by atoms with Gasteiger partial charge < -0.3 is 4.74 Å². The molecule has 15 heavy (non-hydrogen) atoms. The largest absolute Gasteiger partial charge is 0.416 e. The lowest BCUT2D eigenvalue weighted by molar-refractivity contribution is -0.128. The highest BCUT2D eigenvalue weighted by atomic mass is 16.5. The normalized spacial score (nSPS) is 9.40. The van der Waals surface area contributed by atoms with Crippen molar-refractivity contribution in [2.24, 2.45) is 0 Å². The number of carbonyl (C=O) groups is 1. The summed E-state index contributed by atoms with van der Waals surface area (Å²) >= 11 is 0. The maximum atomic E-state index is 10.9. The number of carbonyl (C=O) groups excluding carboxylic acids is 1. The lowest BCUT2D eigenvalue weighted by Crippen LogP contribution is -2.08. The molecule has 0 unspecified atom stereocenters.